The number of unbranched alkanes of at least 4 members (excludes halogenated alkanes) is 5. The maximum absolute atomic E-state index is 11.0. The first-order valence-corrected chi connectivity index (χ1v) is 9.29. The van der Waals surface area contributed by atoms with Crippen molar-refractivity contribution >= 4 is 5.97 Å². The van der Waals surface area contributed by atoms with Gasteiger partial charge in [-0.3, -0.25) is 4.79 Å². The first kappa shape index (κ1) is 18.0. The van der Waals surface area contributed by atoms with Crippen molar-refractivity contribution in [1.29, 1.82) is 0 Å². The van der Waals surface area contributed by atoms with Crippen molar-refractivity contribution in [2.75, 3.05) is 7.11 Å². The van der Waals surface area contributed by atoms with Crippen molar-refractivity contribution in [3.8, 4) is 0 Å². The van der Waals surface area contributed by atoms with Crippen molar-refractivity contribution in [1.82, 2.24) is 0 Å². The number of hydrogen-bond donors (Lipinski definition) is 0. The Morgan fingerprint density at radius 3 is 2.78 bits per heavy atom. The summed E-state index contributed by atoms with van der Waals surface area (Å²) >= 11 is 0. The highest BCUT2D eigenvalue weighted by molar-refractivity contribution is 5.68. The second kappa shape index (κ2) is 9.75. The summed E-state index contributed by atoms with van der Waals surface area (Å²) in [5.41, 5.74) is 0. The Hall–Kier alpha value is -1.31. The molecule has 23 heavy (non-hydrogen) atoms. The Morgan fingerprint density at radius 2 is 2.00 bits per heavy atom. The number of ether oxygens (including phenoxy) is 1. The lowest BCUT2D eigenvalue weighted by molar-refractivity contribution is -0.140. The molecule has 1 saturated carbocycles. The molecule has 128 valence electrons. The molecule has 0 amide bonds. The van der Waals surface area contributed by atoms with Crippen LogP contribution in [0.25, 0.3) is 0 Å². The molecule has 0 aromatic rings. The fourth-order valence-electron chi connectivity index (χ4n) is 4.17. The van der Waals surface area contributed by atoms with E-state index in [-0.39, 0.29) is 5.97 Å². The fourth-order valence-corrected chi connectivity index (χ4v) is 4.17. The number of methoxy groups -OCH3 is 1. The van der Waals surface area contributed by atoms with Gasteiger partial charge in [-0.25, -0.2) is 0 Å². The molecule has 0 N–H and O–H groups in total. The summed E-state index contributed by atoms with van der Waals surface area (Å²) in [4.78, 5) is 11.0. The van der Waals surface area contributed by atoms with E-state index in [1.807, 2.05) is 0 Å². The lowest BCUT2D eigenvalue weighted by Crippen LogP contribution is -2.09. The molecule has 4 unspecified atom stereocenters. The number of fused-ring (bicyclic) bond motifs is 1. The average molecular weight is 316 g/mol. The molecule has 0 aliphatic heterocycles. The van der Waals surface area contributed by atoms with Crippen LogP contribution in [0.15, 0.2) is 37.0 Å². The predicted octanol–water partition coefficient (Wildman–Crippen LogP) is 5.46. The zero-order chi connectivity index (χ0) is 16.5. The van der Waals surface area contributed by atoms with E-state index in [1.54, 1.807) is 0 Å². The first-order valence-electron chi connectivity index (χ1n) is 9.29. The summed E-state index contributed by atoms with van der Waals surface area (Å²) in [5.74, 6) is 2.92. The van der Waals surface area contributed by atoms with Gasteiger partial charge in [0.05, 0.1) is 7.11 Å². The van der Waals surface area contributed by atoms with Gasteiger partial charge >= 0.3 is 5.97 Å². The molecular formula is C21H32O2. The Labute approximate surface area is 141 Å². The Bertz CT molecular complexity index is 435. The van der Waals surface area contributed by atoms with Crippen molar-refractivity contribution in [2.45, 2.75) is 57.8 Å². The quantitative estimate of drug-likeness (QED) is 0.304. The number of carbonyl (C=O) groups excluding carboxylic acids is 1. The van der Waals surface area contributed by atoms with Crippen LogP contribution in [0, 0.1) is 23.7 Å². The minimum atomic E-state index is -0.0819. The van der Waals surface area contributed by atoms with E-state index in [0.717, 1.165) is 30.6 Å². The SMILES string of the molecule is C=CC1CC(/C=C/CCCCCCCC(=O)OC)C2C=CCC12. The number of hydrogen-bond acceptors (Lipinski definition) is 2. The third-order valence-electron chi connectivity index (χ3n) is 5.51. The van der Waals surface area contributed by atoms with Crippen LogP contribution in [0.4, 0.5) is 0 Å². The van der Waals surface area contributed by atoms with Gasteiger partial charge < -0.3 is 4.74 Å². The van der Waals surface area contributed by atoms with E-state index in [0.29, 0.717) is 12.3 Å². The van der Waals surface area contributed by atoms with E-state index in [2.05, 4.69) is 41.7 Å². The van der Waals surface area contributed by atoms with Gasteiger partial charge in [0.15, 0.2) is 0 Å². The maximum Gasteiger partial charge on any atom is 0.305 e. The standard InChI is InChI=1S/C21H32O2/c1-3-17-16-18(20-14-11-13-19(17)20)12-9-7-5-4-6-8-10-15-21(22)23-2/h3,9,11-12,14,17-20H,1,4-8,10,13,15-16H2,2H3/b12-9+. The van der Waals surface area contributed by atoms with Gasteiger partial charge in [0.1, 0.15) is 0 Å². The predicted molar refractivity (Wildman–Crippen MR) is 96.0 cm³/mol. The van der Waals surface area contributed by atoms with E-state index in [1.165, 1.54) is 45.6 Å². The molecule has 0 aromatic carbocycles. The highest BCUT2D eigenvalue weighted by Crippen LogP contribution is 2.48. The Kier molecular flexibility index (Phi) is 7.64. The maximum atomic E-state index is 11.0. The van der Waals surface area contributed by atoms with Crippen LogP contribution in [0.3, 0.4) is 0 Å². The van der Waals surface area contributed by atoms with Crippen LogP contribution in [-0.4, -0.2) is 13.1 Å². The van der Waals surface area contributed by atoms with Gasteiger partial charge in [0.25, 0.3) is 0 Å². The summed E-state index contributed by atoms with van der Waals surface area (Å²) < 4.78 is 4.65. The second-order valence-corrected chi connectivity index (χ2v) is 7.01. The second-order valence-electron chi connectivity index (χ2n) is 7.01. The molecular weight excluding hydrogens is 284 g/mol. The molecule has 2 aliphatic rings. The van der Waals surface area contributed by atoms with Gasteiger partial charge in [-0.1, -0.05) is 49.6 Å². The summed E-state index contributed by atoms with van der Waals surface area (Å²) in [5, 5.41) is 0. The number of rotatable bonds is 10. The molecule has 1 fully saturated rings. The zero-order valence-corrected chi connectivity index (χ0v) is 14.6. The molecule has 0 spiro atoms. The van der Waals surface area contributed by atoms with Gasteiger partial charge in [0.2, 0.25) is 0 Å². The van der Waals surface area contributed by atoms with E-state index < -0.39 is 0 Å². The Morgan fingerprint density at radius 1 is 1.22 bits per heavy atom. The third-order valence-corrected chi connectivity index (χ3v) is 5.51. The monoisotopic (exact) mass is 316 g/mol. The molecule has 0 heterocycles. The molecule has 2 rings (SSSR count). The smallest absolute Gasteiger partial charge is 0.305 e. The largest absolute Gasteiger partial charge is 0.469 e. The van der Waals surface area contributed by atoms with E-state index >= 15 is 0 Å². The lowest BCUT2D eigenvalue weighted by Gasteiger charge is -2.15. The van der Waals surface area contributed by atoms with Crippen LogP contribution in [0.2, 0.25) is 0 Å². The van der Waals surface area contributed by atoms with Crippen LogP contribution in [0.5, 0.6) is 0 Å². The first-order chi connectivity index (χ1) is 11.3. The van der Waals surface area contributed by atoms with E-state index in [9.17, 15) is 4.79 Å². The minimum absolute atomic E-state index is 0.0819. The Balaban J connectivity index is 1.54. The van der Waals surface area contributed by atoms with Gasteiger partial charge in [-0.2, -0.15) is 0 Å². The molecule has 2 nitrogen and oxygen atoms in total. The number of carbonyl (C=O) groups is 1. The molecule has 4 atom stereocenters. The molecule has 0 saturated heterocycles. The summed E-state index contributed by atoms with van der Waals surface area (Å²) in [7, 11) is 1.46. The molecule has 0 aromatic heterocycles. The number of esters is 1. The van der Waals surface area contributed by atoms with Gasteiger partial charge in [0, 0.05) is 6.42 Å². The molecule has 2 heteroatoms. The summed E-state index contributed by atoms with van der Waals surface area (Å²) in [6.07, 6.45) is 22.0. The zero-order valence-electron chi connectivity index (χ0n) is 14.6. The van der Waals surface area contributed by atoms with Crippen LogP contribution in [0.1, 0.15) is 57.8 Å². The van der Waals surface area contributed by atoms with Crippen molar-refractivity contribution in [3.05, 3.63) is 37.0 Å². The highest BCUT2D eigenvalue weighted by Gasteiger charge is 2.40. The van der Waals surface area contributed by atoms with Crippen molar-refractivity contribution in [3.63, 3.8) is 0 Å². The fraction of sp³-hybridized carbons (Fsp3) is 0.667. The van der Waals surface area contributed by atoms with Crippen molar-refractivity contribution in [2.24, 2.45) is 23.7 Å². The van der Waals surface area contributed by atoms with Gasteiger partial charge in [-0.15, -0.1) is 6.58 Å². The summed E-state index contributed by atoms with van der Waals surface area (Å²) in [6, 6.07) is 0. The minimum Gasteiger partial charge on any atom is -0.469 e. The third kappa shape index (κ3) is 5.37. The van der Waals surface area contributed by atoms with Gasteiger partial charge in [-0.05, 0) is 55.8 Å². The summed E-state index contributed by atoms with van der Waals surface area (Å²) in [6.45, 7) is 4.02. The van der Waals surface area contributed by atoms with Crippen LogP contribution >= 0.6 is 0 Å². The van der Waals surface area contributed by atoms with Crippen LogP contribution < -0.4 is 0 Å². The normalized spacial score (nSPS) is 29.1. The number of allylic oxidation sites excluding steroid dienone is 5. The molecule has 0 radical (unpaired) electrons. The topological polar surface area (TPSA) is 26.3 Å². The average Bonchev–Trinajstić information content (AvgIpc) is 3.16. The highest BCUT2D eigenvalue weighted by atomic mass is 16.5. The molecule has 0 bridgehead atoms. The molecule has 2 aliphatic carbocycles. The van der Waals surface area contributed by atoms with Crippen LogP contribution in [-0.2, 0) is 9.53 Å². The van der Waals surface area contributed by atoms with E-state index in [4.69, 9.17) is 0 Å². The van der Waals surface area contributed by atoms with Crippen molar-refractivity contribution < 1.29 is 9.53 Å². The lowest BCUT2D eigenvalue weighted by atomic mass is 9.89.